The first kappa shape index (κ1) is 18.2. The lowest BCUT2D eigenvalue weighted by Crippen LogP contribution is -2.34. The topological polar surface area (TPSA) is 90.1 Å². The molecule has 7 heteroatoms. The molecule has 1 N–H and O–H groups in total. The average Bonchev–Trinajstić information content (AvgIpc) is 3.23. The van der Waals surface area contributed by atoms with E-state index in [1.54, 1.807) is 20.0 Å². The highest BCUT2D eigenvalue weighted by Crippen LogP contribution is 2.33. The van der Waals surface area contributed by atoms with E-state index >= 15 is 0 Å². The zero-order valence-corrected chi connectivity index (χ0v) is 16.4. The van der Waals surface area contributed by atoms with Crippen LogP contribution in [0.2, 0.25) is 0 Å². The second-order valence-electron chi connectivity index (χ2n) is 7.12. The third-order valence-corrected chi connectivity index (χ3v) is 4.90. The fraction of sp³-hybridized carbons (Fsp3) is 0.333. The van der Waals surface area contributed by atoms with Gasteiger partial charge in [0.25, 0.3) is 5.91 Å². The Morgan fingerprint density at radius 2 is 2.04 bits per heavy atom. The molecule has 1 atom stereocenters. The molecule has 3 aromatic rings. The highest BCUT2D eigenvalue weighted by Gasteiger charge is 2.25. The monoisotopic (exact) mass is 378 g/mol. The second kappa shape index (κ2) is 7.07. The van der Waals surface area contributed by atoms with E-state index in [-0.39, 0.29) is 12.0 Å². The van der Waals surface area contributed by atoms with Crippen molar-refractivity contribution >= 4 is 5.91 Å². The third-order valence-electron chi connectivity index (χ3n) is 4.90. The number of amides is 1. The maximum atomic E-state index is 12.4. The summed E-state index contributed by atoms with van der Waals surface area (Å²) in [6.07, 6.45) is 2.38. The number of carbonyl (C=O) groups is 1. The standard InChI is InChI=1S/C21H22N4O3/c1-11-9-22-13(3)20(24-11)15-5-6-18-16(7-15)8-17(27-18)10-23-21(26)19-12(2)25-28-14(19)4/h5-7,9,17H,8,10H2,1-4H3,(H,23,26)/t17-/m1/s1. The van der Waals surface area contributed by atoms with E-state index in [1.165, 1.54) is 0 Å². The molecule has 3 heterocycles. The Bertz CT molecular complexity index is 1040. The normalized spacial score (nSPS) is 15.2. The van der Waals surface area contributed by atoms with Crippen molar-refractivity contribution in [1.82, 2.24) is 20.4 Å². The van der Waals surface area contributed by atoms with E-state index in [2.05, 4.69) is 26.5 Å². The highest BCUT2D eigenvalue weighted by molar-refractivity contribution is 5.96. The molecule has 7 nitrogen and oxygen atoms in total. The van der Waals surface area contributed by atoms with Crippen molar-refractivity contribution < 1.29 is 14.1 Å². The van der Waals surface area contributed by atoms with Gasteiger partial charge in [-0.05, 0) is 51.5 Å². The van der Waals surface area contributed by atoms with E-state index in [4.69, 9.17) is 9.26 Å². The van der Waals surface area contributed by atoms with Crippen LogP contribution >= 0.6 is 0 Å². The Morgan fingerprint density at radius 3 is 2.79 bits per heavy atom. The smallest absolute Gasteiger partial charge is 0.256 e. The molecule has 2 aromatic heterocycles. The van der Waals surface area contributed by atoms with Crippen molar-refractivity contribution in [3.05, 3.63) is 58.4 Å². The molecular weight excluding hydrogens is 356 g/mol. The number of nitrogens with one attached hydrogen (secondary N) is 1. The number of aromatic nitrogens is 3. The summed E-state index contributed by atoms with van der Waals surface area (Å²) >= 11 is 0. The first-order valence-corrected chi connectivity index (χ1v) is 9.23. The van der Waals surface area contributed by atoms with Gasteiger partial charge in [-0.2, -0.15) is 0 Å². The van der Waals surface area contributed by atoms with Gasteiger partial charge in [0.2, 0.25) is 0 Å². The van der Waals surface area contributed by atoms with Crippen LogP contribution in [0.3, 0.4) is 0 Å². The van der Waals surface area contributed by atoms with Crippen LogP contribution in [0.4, 0.5) is 0 Å². The zero-order chi connectivity index (χ0) is 19.8. The summed E-state index contributed by atoms with van der Waals surface area (Å²) in [6, 6.07) is 6.06. The van der Waals surface area contributed by atoms with Gasteiger partial charge in [0.1, 0.15) is 23.2 Å². The van der Waals surface area contributed by atoms with Gasteiger partial charge < -0.3 is 14.6 Å². The largest absolute Gasteiger partial charge is 0.488 e. The average molecular weight is 378 g/mol. The fourth-order valence-electron chi connectivity index (χ4n) is 3.49. The molecule has 1 amide bonds. The van der Waals surface area contributed by atoms with E-state index < -0.39 is 0 Å². The highest BCUT2D eigenvalue weighted by atomic mass is 16.5. The first-order chi connectivity index (χ1) is 13.4. The maximum absolute atomic E-state index is 12.4. The van der Waals surface area contributed by atoms with E-state index in [0.717, 1.165) is 40.4 Å². The van der Waals surface area contributed by atoms with Crippen LogP contribution in [0, 0.1) is 27.7 Å². The molecule has 1 aromatic carbocycles. The number of nitrogens with zero attached hydrogens (tertiary/aromatic N) is 3. The predicted molar refractivity (Wildman–Crippen MR) is 103 cm³/mol. The fourth-order valence-corrected chi connectivity index (χ4v) is 3.49. The minimum Gasteiger partial charge on any atom is -0.488 e. The van der Waals surface area contributed by atoms with Crippen molar-refractivity contribution in [2.75, 3.05) is 6.54 Å². The van der Waals surface area contributed by atoms with Crippen LogP contribution in [-0.2, 0) is 6.42 Å². The Kier molecular flexibility index (Phi) is 4.58. The van der Waals surface area contributed by atoms with Crippen molar-refractivity contribution in [2.45, 2.75) is 40.2 Å². The van der Waals surface area contributed by atoms with Crippen molar-refractivity contribution in [3.63, 3.8) is 0 Å². The third kappa shape index (κ3) is 3.35. The lowest BCUT2D eigenvalue weighted by atomic mass is 10.0. The lowest BCUT2D eigenvalue weighted by molar-refractivity contribution is 0.0931. The van der Waals surface area contributed by atoms with Gasteiger partial charge in [0.05, 0.1) is 29.3 Å². The Hall–Kier alpha value is -3.22. The van der Waals surface area contributed by atoms with Crippen molar-refractivity contribution in [1.29, 1.82) is 0 Å². The minimum absolute atomic E-state index is 0.112. The summed E-state index contributed by atoms with van der Waals surface area (Å²) in [5.74, 6) is 1.17. The van der Waals surface area contributed by atoms with Crippen LogP contribution in [0.25, 0.3) is 11.3 Å². The van der Waals surface area contributed by atoms with Gasteiger partial charge in [-0.25, -0.2) is 4.98 Å². The Balaban J connectivity index is 1.45. The van der Waals surface area contributed by atoms with Gasteiger partial charge in [-0.3, -0.25) is 9.78 Å². The second-order valence-corrected chi connectivity index (χ2v) is 7.12. The number of aryl methyl sites for hydroxylation is 4. The number of fused-ring (bicyclic) bond motifs is 1. The summed E-state index contributed by atoms with van der Waals surface area (Å²) in [4.78, 5) is 21.4. The molecule has 0 bridgehead atoms. The Morgan fingerprint density at radius 1 is 1.21 bits per heavy atom. The maximum Gasteiger partial charge on any atom is 0.256 e. The van der Waals surface area contributed by atoms with Crippen LogP contribution in [0.5, 0.6) is 5.75 Å². The molecule has 28 heavy (non-hydrogen) atoms. The molecule has 0 radical (unpaired) electrons. The van der Waals surface area contributed by atoms with Crippen LogP contribution in [-0.4, -0.2) is 33.7 Å². The lowest BCUT2D eigenvalue weighted by Gasteiger charge is -2.11. The molecule has 0 spiro atoms. The van der Waals surface area contributed by atoms with Crippen LogP contribution < -0.4 is 10.1 Å². The SMILES string of the molecule is Cc1cnc(C)c(-c2ccc3c(c2)C[C@H](CNC(=O)c2c(C)noc2C)O3)n1. The summed E-state index contributed by atoms with van der Waals surface area (Å²) in [5.41, 5.74) is 5.88. The molecule has 0 aliphatic carbocycles. The number of hydrogen-bond acceptors (Lipinski definition) is 6. The Labute approximate surface area is 163 Å². The van der Waals surface area contributed by atoms with E-state index in [0.29, 0.717) is 23.6 Å². The van der Waals surface area contributed by atoms with E-state index in [1.807, 2.05) is 26.0 Å². The predicted octanol–water partition coefficient (Wildman–Crippen LogP) is 3.10. The molecule has 4 rings (SSSR count). The van der Waals surface area contributed by atoms with Crippen LogP contribution in [0.1, 0.15) is 38.8 Å². The zero-order valence-electron chi connectivity index (χ0n) is 16.4. The minimum atomic E-state index is -0.192. The summed E-state index contributed by atoms with van der Waals surface area (Å²) < 4.78 is 11.0. The quantitative estimate of drug-likeness (QED) is 0.750. The van der Waals surface area contributed by atoms with Crippen molar-refractivity contribution in [2.24, 2.45) is 0 Å². The van der Waals surface area contributed by atoms with Crippen LogP contribution in [0.15, 0.2) is 28.9 Å². The van der Waals surface area contributed by atoms with Gasteiger partial charge in [0.15, 0.2) is 0 Å². The summed E-state index contributed by atoms with van der Waals surface area (Å²) in [6.45, 7) is 7.79. The molecule has 1 aliphatic heterocycles. The number of carbonyl (C=O) groups excluding carboxylic acids is 1. The van der Waals surface area contributed by atoms with Gasteiger partial charge in [-0.15, -0.1) is 0 Å². The number of hydrogen-bond donors (Lipinski definition) is 1. The van der Waals surface area contributed by atoms with Gasteiger partial charge in [-0.1, -0.05) is 5.16 Å². The number of ether oxygens (including phenoxy) is 1. The summed E-state index contributed by atoms with van der Waals surface area (Å²) in [7, 11) is 0. The molecular formula is C21H22N4O3. The molecule has 0 unspecified atom stereocenters. The molecule has 0 saturated carbocycles. The molecule has 144 valence electrons. The van der Waals surface area contributed by atoms with Gasteiger partial charge >= 0.3 is 0 Å². The molecule has 0 fully saturated rings. The number of rotatable bonds is 4. The van der Waals surface area contributed by atoms with E-state index in [9.17, 15) is 4.79 Å². The van der Waals surface area contributed by atoms with Gasteiger partial charge in [0, 0.05) is 18.2 Å². The summed E-state index contributed by atoms with van der Waals surface area (Å²) in [5, 5.41) is 6.74. The molecule has 1 aliphatic rings. The number of benzene rings is 1. The first-order valence-electron chi connectivity index (χ1n) is 9.23. The molecule has 0 saturated heterocycles. The van der Waals surface area contributed by atoms with Crippen molar-refractivity contribution in [3.8, 4) is 17.0 Å².